The van der Waals surface area contributed by atoms with Crippen molar-refractivity contribution < 1.29 is 4.79 Å². The molecule has 3 heteroatoms. The summed E-state index contributed by atoms with van der Waals surface area (Å²) in [5, 5.41) is 3.06. The normalized spacial score (nSPS) is 22.3. The summed E-state index contributed by atoms with van der Waals surface area (Å²) in [6, 6.07) is 11.5. The number of rotatable bonds is 7. The number of likely N-dealkylation sites (tertiary alicyclic amines) is 1. The highest BCUT2D eigenvalue weighted by Gasteiger charge is 2.32. The number of benzene rings is 1. The molecule has 2 atom stereocenters. The van der Waals surface area contributed by atoms with E-state index in [2.05, 4.69) is 47.5 Å². The second kappa shape index (κ2) is 9.07. The second-order valence-corrected chi connectivity index (χ2v) is 7.14. The number of carbonyl (C=O) groups excluding carboxylic acids is 1. The van der Waals surface area contributed by atoms with E-state index in [-0.39, 0.29) is 11.9 Å². The Kier molecular flexibility index (Phi) is 7.10. The van der Waals surface area contributed by atoms with Crippen LogP contribution in [0.4, 0.5) is 0 Å². The Balaban J connectivity index is 2.02. The van der Waals surface area contributed by atoms with Gasteiger partial charge in [-0.15, -0.1) is 0 Å². The number of amides is 1. The average molecular weight is 316 g/mol. The summed E-state index contributed by atoms with van der Waals surface area (Å²) in [7, 11) is 0. The Hall–Kier alpha value is -1.35. The zero-order chi connectivity index (χ0) is 16.7. The predicted molar refractivity (Wildman–Crippen MR) is 96.2 cm³/mol. The zero-order valence-corrected chi connectivity index (χ0v) is 14.9. The summed E-state index contributed by atoms with van der Waals surface area (Å²) in [5.41, 5.74) is 1.38. The topological polar surface area (TPSA) is 32.3 Å². The second-order valence-electron chi connectivity index (χ2n) is 7.14. The molecule has 1 aliphatic heterocycles. The fraction of sp³-hybridized carbons (Fsp3) is 0.650. The molecular formula is C20H32N2O. The summed E-state index contributed by atoms with van der Waals surface area (Å²) in [4.78, 5) is 14.8. The maximum absolute atomic E-state index is 12.2. The summed E-state index contributed by atoms with van der Waals surface area (Å²) in [6.45, 7) is 8.48. The largest absolute Gasteiger partial charge is 0.354 e. The van der Waals surface area contributed by atoms with Gasteiger partial charge in [0.25, 0.3) is 0 Å². The van der Waals surface area contributed by atoms with E-state index in [4.69, 9.17) is 0 Å². The van der Waals surface area contributed by atoms with Gasteiger partial charge < -0.3 is 5.32 Å². The number of nitrogens with zero attached hydrogens (tertiary/aromatic N) is 1. The van der Waals surface area contributed by atoms with Gasteiger partial charge in [-0.25, -0.2) is 0 Å². The lowest BCUT2D eigenvalue weighted by Crippen LogP contribution is -2.46. The van der Waals surface area contributed by atoms with Gasteiger partial charge in [0, 0.05) is 25.0 Å². The molecule has 1 amide bonds. The number of hydrogen-bond donors (Lipinski definition) is 1. The van der Waals surface area contributed by atoms with Gasteiger partial charge in [-0.1, -0.05) is 43.7 Å². The first-order chi connectivity index (χ1) is 11.1. The molecule has 2 rings (SSSR count). The molecule has 3 nitrogen and oxygen atoms in total. The minimum atomic E-state index is 0.215. The van der Waals surface area contributed by atoms with Gasteiger partial charge in [0.15, 0.2) is 0 Å². The van der Waals surface area contributed by atoms with Crippen molar-refractivity contribution in [2.24, 2.45) is 5.92 Å². The molecule has 0 bridgehead atoms. The lowest BCUT2D eigenvalue weighted by atomic mass is 9.83. The van der Waals surface area contributed by atoms with Crippen molar-refractivity contribution in [3.63, 3.8) is 0 Å². The molecule has 23 heavy (non-hydrogen) atoms. The highest BCUT2D eigenvalue weighted by molar-refractivity contribution is 5.76. The third kappa shape index (κ3) is 5.65. The van der Waals surface area contributed by atoms with Gasteiger partial charge in [0.2, 0.25) is 5.91 Å². The van der Waals surface area contributed by atoms with E-state index in [1.165, 1.54) is 31.2 Å². The van der Waals surface area contributed by atoms with E-state index in [9.17, 15) is 4.79 Å². The van der Waals surface area contributed by atoms with Crippen molar-refractivity contribution in [1.29, 1.82) is 0 Å². The van der Waals surface area contributed by atoms with Gasteiger partial charge in [-0.05, 0) is 51.1 Å². The molecule has 1 aromatic rings. The number of piperidine rings is 1. The fourth-order valence-corrected chi connectivity index (χ4v) is 3.80. The Bertz CT molecular complexity index is 472. The van der Waals surface area contributed by atoms with Crippen LogP contribution in [-0.2, 0) is 11.3 Å². The van der Waals surface area contributed by atoms with Crippen molar-refractivity contribution in [1.82, 2.24) is 10.2 Å². The van der Waals surface area contributed by atoms with Gasteiger partial charge in [0.1, 0.15) is 0 Å². The molecular weight excluding hydrogens is 284 g/mol. The van der Waals surface area contributed by atoms with Crippen molar-refractivity contribution in [2.75, 3.05) is 6.54 Å². The maximum atomic E-state index is 12.2. The Morgan fingerprint density at radius 2 is 2.04 bits per heavy atom. The van der Waals surface area contributed by atoms with E-state index in [1.54, 1.807) is 0 Å². The number of carbonyl (C=O) groups is 1. The maximum Gasteiger partial charge on any atom is 0.220 e. The smallest absolute Gasteiger partial charge is 0.220 e. The Labute approximate surface area is 141 Å². The molecule has 0 saturated carbocycles. The molecule has 128 valence electrons. The highest BCUT2D eigenvalue weighted by Crippen LogP contribution is 2.30. The van der Waals surface area contributed by atoms with Crippen LogP contribution in [0.5, 0.6) is 0 Å². The van der Waals surface area contributed by atoms with Gasteiger partial charge in [-0.2, -0.15) is 0 Å². The molecule has 0 unspecified atom stereocenters. The molecule has 1 N–H and O–H groups in total. The first-order valence-electron chi connectivity index (χ1n) is 9.17. The van der Waals surface area contributed by atoms with Gasteiger partial charge in [0.05, 0.1) is 0 Å². The van der Waals surface area contributed by atoms with Crippen molar-refractivity contribution >= 4 is 5.91 Å². The monoisotopic (exact) mass is 316 g/mol. The summed E-state index contributed by atoms with van der Waals surface area (Å²) < 4.78 is 0. The van der Waals surface area contributed by atoms with Crippen LogP contribution in [0.1, 0.15) is 58.4 Å². The first-order valence-corrected chi connectivity index (χ1v) is 9.17. The molecule has 1 aromatic carbocycles. The summed E-state index contributed by atoms with van der Waals surface area (Å²) >= 11 is 0. The molecule has 0 aromatic heterocycles. The van der Waals surface area contributed by atoms with Gasteiger partial charge in [-0.3, -0.25) is 9.69 Å². The van der Waals surface area contributed by atoms with E-state index in [1.807, 2.05) is 13.8 Å². The van der Waals surface area contributed by atoms with Crippen LogP contribution in [0, 0.1) is 5.92 Å². The van der Waals surface area contributed by atoms with E-state index >= 15 is 0 Å². The highest BCUT2D eigenvalue weighted by atomic mass is 16.1. The van der Waals surface area contributed by atoms with E-state index in [0.717, 1.165) is 13.1 Å². The third-order valence-electron chi connectivity index (χ3n) is 4.74. The lowest BCUT2D eigenvalue weighted by Gasteiger charge is -2.41. The van der Waals surface area contributed by atoms with E-state index in [0.29, 0.717) is 18.4 Å². The molecule has 1 saturated heterocycles. The van der Waals surface area contributed by atoms with Crippen LogP contribution in [0.15, 0.2) is 30.3 Å². The molecule has 1 heterocycles. The Morgan fingerprint density at radius 3 is 2.70 bits per heavy atom. The zero-order valence-electron chi connectivity index (χ0n) is 14.9. The number of nitrogens with one attached hydrogen (secondary N) is 1. The third-order valence-corrected chi connectivity index (χ3v) is 4.74. The molecule has 0 aliphatic carbocycles. The van der Waals surface area contributed by atoms with Crippen LogP contribution in [-0.4, -0.2) is 29.4 Å². The summed E-state index contributed by atoms with van der Waals surface area (Å²) in [5.74, 6) is 0.707. The van der Waals surface area contributed by atoms with E-state index < -0.39 is 0 Å². The lowest BCUT2D eigenvalue weighted by molar-refractivity contribution is -0.123. The molecule has 0 radical (unpaired) electrons. The predicted octanol–water partition coefficient (Wildman–Crippen LogP) is 3.98. The summed E-state index contributed by atoms with van der Waals surface area (Å²) in [6.07, 6.45) is 5.42. The molecule has 0 spiro atoms. The SMILES string of the molecule is CCC[C@@H]1[C@H](CC(=O)NC(C)C)CCCN1Cc1ccccc1. The molecule has 1 aliphatic rings. The fourth-order valence-electron chi connectivity index (χ4n) is 3.80. The number of hydrogen-bond acceptors (Lipinski definition) is 2. The first kappa shape index (κ1) is 18.0. The van der Waals surface area contributed by atoms with Gasteiger partial charge >= 0.3 is 0 Å². The standard InChI is InChI=1S/C20H32N2O/c1-4-9-19-18(14-20(23)21-16(2)3)12-8-13-22(19)15-17-10-6-5-7-11-17/h5-7,10-11,16,18-19H,4,8-9,12-15H2,1-3H3,(H,21,23)/t18-,19+/m0/s1. The average Bonchev–Trinajstić information content (AvgIpc) is 2.50. The van der Waals surface area contributed by atoms with Crippen LogP contribution in [0.3, 0.4) is 0 Å². The van der Waals surface area contributed by atoms with Crippen LogP contribution in [0.2, 0.25) is 0 Å². The molecule has 1 fully saturated rings. The minimum Gasteiger partial charge on any atom is -0.354 e. The van der Waals surface area contributed by atoms with Crippen molar-refractivity contribution in [3.8, 4) is 0 Å². The Morgan fingerprint density at radius 1 is 1.30 bits per heavy atom. The van der Waals surface area contributed by atoms with Crippen LogP contribution in [0.25, 0.3) is 0 Å². The van der Waals surface area contributed by atoms with Crippen molar-refractivity contribution in [3.05, 3.63) is 35.9 Å². The quantitative estimate of drug-likeness (QED) is 0.825. The van der Waals surface area contributed by atoms with Crippen molar-refractivity contribution in [2.45, 2.75) is 71.5 Å². The van der Waals surface area contributed by atoms with Crippen LogP contribution < -0.4 is 5.32 Å². The van der Waals surface area contributed by atoms with Crippen LogP contribution >= 0.6 is 0 Å². The minimum absolute atomic E-state index is 0.215.